The van der Waals surface area contributed by atoms with Crippen LogP contribution in [0.5, 0.6) is 5.75 Å². The van der Waals surface area contributed by atoms with Gasteiger partial charge in [0.15, 0.2) is 0 Å². The Bertz CT molecular complexity index is 363. The SMILES string of the molecule is CC(C)Oc1ccc(CC(N)C(=O)NN)cc1. The van der Waals surface area contributed by atoms with Gasteiger partial charge in [-0.2, -0.15) is 0 Å². The van der Waals surface area contributed by atoms with E-state index in [1.54, 1.807) is 0 Å². The lowest BCUT2D eigenvalue weighted by atomic mass is 10.1. The van der Waals surface area contributed by atoms with Gasteiger partial charge in [-0.05, 0) is 38.0 Å². The van der Waals surface area contributed by atoms with E-state index >= 15 is 0 Å². The Hall–Kier alpha value is -1.59. The van der Waals surface area contributed by atoms with Crippen LogP contribution in [0.1, 0.15) is 19.4 Å². The molecule has 0 spiro atoms. The molecule has 1 rings (SSSR count). The normalized spacial score (nSPS) is 12.3. The molecule has 0 saturated carbocycles. The monoisotopic (exact) mass is 237 g/mol. The van der Waals surface area contributed by atoms with E-state index in [9.17, 15) is 4.79 Å². The van der Waals surface area contributed by atoms with Gasteiger partial charge in [0.2, 0.25) is 0 Å². The van der Waals surface area contributed by atoms with Crippen molar-refractivity contribution in [2.75, 3.05) is 0 Å². The summed E-state index contributed by atoms with van der Waals surface area (Å²) in [6.45, 7) is 3.94. The molecule has 1 atom stereocenters. The Balaban J connectivity index is 2.59. The predicted molar refractivity (Wildman–Crippen MR) is 66.2 cm³/mol. The van der Waals surface area contributed by atoms with Gasteiger partial charge in [-0.1, -0.05) is 12.1 Å². The number of hydrazine groups is 1. The zero-order chi connectivity index (χ0) is 12.8. The molecule has 1 amide bonds. The van der Waals surface area contributed by atoms with Crippen molar-refractivity contribution in [1.82, 2.24) is 5.43 Å². The topological polar surface area (TPSA) is 90.4 Å². The van der Waals surface area contributed by atoms with Crippen LogP contribution >= 0.6 is 0 Å². The molecular formula is C12H19N3O2. The van der Waals surface area contributed by atoms with E-state index in [1.165, 1.54) is 0 Å². The predicted octanol–water partition coefficient (Wildman–Crippen LogP) is 0.334. The molecule has 0 aliphatic rings. The van der Waals surface area contributed by atoms with E-state index < -0.39 is 6.04 Å². The van der Waals surface area contributed by atoms with Gasteiger partial charge in [0.1, 0.15) is 5.75 Å². The van der Waals surface area contributed by atoms with Gasteiger partial charge in [-0.3, -0.25) is 10.2 Å². The van der Waals surface area contributed by atoms with Crippen molar-refractivity contribution >= 4 is 5.91 Å². The van der Waals surface area contributed by atoms with E-state index in [2.05, 4.69) is 0 Å². The zero-order valence-electron chi connectivity index (χ0n) is 10.1. The number of nitrogens with two attached hydrogens (primary N) is 2. The summed E-state index contributed by atoms with van der Waals surface area (Å²) in [7, 11) is 0. The second-order valence-electron chi connectivity index (χ2n) is 4.13. The lowest BCUT2D eigenvalue weighted by molar-refractivity contribution is -0.122. The summed E-state index contributed by atoms with van der Waals surface area (Å²) < 4.78 is 5.51. The Morgan fingerprint density at radius 3 is 2.41 bits per heavy atom. The number of hydrogen-bond acceptors (Lipinski definition) is 4. The third-order valence-electron chi connectivity index (χ3n) is 2.23. The molecule has 1 unspecified atom stereocenters. The van der Waals surface area contributed by atoms with Crippen molar-refractivity contribution in [1.29, 1.82) is 0 Å². The van der Waals surface area contributed by atoms with Crippen LogP contribution < -0.4 is 21.7 Å². The Kier molecular flexibility index (Phi) is 4.93. The van der Waals surface area contributed by atoms with Gasteiger partial charge < -0.3 is 10.5 Å². The number of hydrogen-bond donors (Lipinski definition) is 3. The van der Waals surface area contributed by atoms with E-state index in [1.807, 2.05) is 43.5 Å². The minimum absolute atomic E-state index is 0.145. The van der Waals surface area contributed by atoms with E-state index in [-0.39, 0.29) is 12.0 Å². The Morgan fingerprint density at radius 2 is 1.94 bits per heavy atom. The molecule has 0 aliphatic heterocycles. The highest BCUT2D eigenvalue weighted by Crippen LogP contribution is 2.14. The summed E-state index contributed by atoms with van der Waals surface area (Å²) in [5.74, 6) is 5.44. The average molecular weight is 237 g/mol. The number of rotatable bonds is 5. The van der Waals surface area contributed by atoms with Crippen LogP contribution in [0, 0.1) is 0 Å². The summed E-state index contributed by atoms with van der Waals surface area (Å²) in [4.78, 5) is 11.1. The smallest absolute Gasteiger partial charge is 0.251 e. The van der Waals surface area contributed by atoms with Crippen LogP contribution in [0.4, 0.5) is 0 Å². The molecule has 94 valence electrons. The number of nitrogens with one attached hydrogen (secondary N) is 1. The van der Waals surface area contributed by atoms with Crippen molar-refractivity contribution in [3.63, 3.8) is 0 Å². The number of ether oxygens (including phenoxy) is 1. The van der Waals surface area contributed by atoms with Gasteiger partial charge in [0.25, 0.3) is 5.91 Å². The largest absolute Gasteiger partial charge is 0.491 e. The minimum Gasteiger partial charge on any atom is -0.491 e. The van der Waals surface area contributed by atoms with Gasteiger partial charge in [0.05, 0.1) is 12.1 Å². The second-order valence-corrected chi connectivity index (χ2v) is 4.13. The standard InChI is InChI=1S/C12H19N3O2/c1-8(2)17-10-5-3-9(4-6-10)7-11(13)12(16)15-14/h3-6,8,11H,7,13-14H2,1-2H3,(H,15,16). The molecule has 5 N–H and O–H groups in total. The third-order valence-corrected chi connectivity index (χ3v) is 2.23. The van der Waals surface area contributed by atoms with E-state index in [0.717, 1.165) is 11.3 Å². The summed E-state index contributed by atoms with van der Waals surface area (Å²) in [6, 6.07) is 6.88. The van der Waals surface area contributed by atoms with Gasteiger partial charge in [0, 0.05) is 0 Å². The first-order chi connectivity index (χ1) is 8.02. The second kappa shape index (κ2) is 6.22. The van der Waals surface area contributed by atoms with Crippen molar-refractivity contribution in [3.05, 3.63) is 29.8 Å². The highest BCUT2D eigenvalue weighted by atomic mass is 16.5. The molecule has 1 aromatic rings. The molecule has 0 bridgehead atoms. The zero-order valence-corrected chi connectivity index (χ0v) is 10.1. The van der Waals surface area contributed by atoms with Crippen LogP contribution in [-0.4, -0.2) is 18.1 Å². The van der Waals surface area contributed by atoms with Crippen LogP contribution in [0.2, 0.25) is 0 Å². The number of benzene rings is 1. The molecule has 5 heteroatoms. The molecule has 5 nitrogen and oxygen atoms in total. The highest BCUT2D eigenvalue weighted by Gasteiger charge is 2.12. The van der Waals surface area contributed by atoms with Crippen molar-refractivity contribution in [2.45, 2.75) is 32.4 Å². The molecule has 0 aromatic heterocycles. The maximum Gasteiger partial charge on any atom is 0.251 e. The molecule has 0 heterocycles. The lowest BCUT2D eigenvalue weighted by Crippen LogP contribution is -2.45. The first-order valence-corrected chi connectivity index (χ1v) is 5.54. The molecular weight excluding hydrogens is 218 g/mol. The first-order valence-electron chi connectivity index (χ1n) is 5.54. The van der Waals surface area contributed by atoms with Gasteiger partial charge in [-0.15, -0.1) is 0 Å². The van der Waals surface area contributed by atoms with Crippen LogP contribution in [-0.2, 0) is 11.2 Å². The average Bonchev–Trinajstić information content (AvgIpc) is 2.30. The number of carbonyl (C=O) groups is 1. The van der Waals surface area contributed by atoms with Gasteiger partial charge >= 0.3 is 0 Å². The van der Waals surface area contributed by atoms with Crippen LogP contribution in [0.15, 0.2) is 24.3 Å². The van der Waals surface area contributed by atoms with Gasteiger partial charge in [-0.25, -0.2) is 5.84 Å². The van der Waals surface area contributed by atoms with E-state index in [0.29, 0.717) is 6.42 Å². The molecule has 0 fully saturated rings. The molecule has 17 heavy (non-hydrogen) atoms. The van der Waals surface area contributed by atoms with Crippen LogP contribution in [0.3, 0.4) is 0 Å². The number of carbonyl (C=O) groups excluding carboxylic acids is 1. The Labute approximate surface area is 101 Å². The quantitative estimate of drug-likeness (QED) is 0.391. The van der Waals surface area contributed by atoms with Crippen LogP contribution in [0.25, 0.3) is 0 Å². The summed E-state index contributed by atoms with van der Waals surface area (Å²) in [6.07, 6.45) is 0.594. The maximum absolute atomic E-state index is 11.1. The van der Waals surface area contributed by atoms with Crippen molar-refractivity contribution in [3.8, 4) is 5.75 Å². The first kappa shape index (κ1) is 13.5. The molecule has 0 radical (unpaired) electrons. The van der Waals surface area contributed by atoms with Crippen molar-refractivity contribution in [2.24, 2.45) is 11.6 Å². The fourth-order valence-corrected chi connectivity index (χ4v) is 1.43. The summed E-state index contributed by atoms with van der Waals surface area (Å²) in [5.41, 5.74) is 8.66. The molecule has 0 aliphatic carbocycles. The fraction of sp³-hybridized carbons (Fsp3) is 0.417. The minimum atomic E-state index is -0.628. The van der Waals surface area contributed by atoms with Crippen molar-refractivity contribution < 1.29 is 9.53 Å². The third kappa shape index (κ3) is 4.42. The lowest BCUT2D eigenvalue weighted by Gasteiger charge is -2.12. The molecule has 0 saturated heterocycles. The molecule has 1 aromatic carbocycles. The Morgan fingerprint density at radius 1 is 1.35 bits per heavy atom. The summed E-state index contributed by atoms with van der Waals surface area (Å²) >= 11 is 0. The maximum atomic E-state index is 11.1. The fourth-order valence-electron chi connectivity index (χ4n) is 1.43. The highest BCUT2D eigenvalue weighted by molar-refractivity contribution is 5.81. The summed E-state index contributed by atoms with van der Waals surface area (Å²) in [5, 5.41) is 0. The number of amides is 1. The van der Waals surface area contributed by atoms with E-state index in [4.69, 9.17) is 16.3 Å².